The van der Waals surface area contributed by atoms with Crippen molar-refractivity contribution in [2.24, 2.45) is 0 Å². The van der Waals surface area contributed by atoms with Gasteiger partial charge in [0.25, 0.3) is 5.91 Å². The van der Waals surface area contributed by atoms with E-state index in [4.69, 9.17) is 16.3 Å². The Morgan fingerprint density at radius 3 is 2.52 bits per heavy atom. The van der Waals surface area contributed by atoms with E-state index in [0.717, 1.165) is 18.4 Å². The van der Waals surface area contributed by atoms with E-state index in [-0.39, 0.29) is 17.9 Å². The summed E-state index contributed by atoms with van der Waals surface area (Å²) < 4.78 is 5.24. The largest absolute Gasteiger partial charge is 0.496 e. The summed E-state index contributed by atoms with van der Waals surface area (Å²) in [5.74, 6) is 0.415. The summed E-state index contributed by atoms with van der Waals surface area (Å²) >= 11 is 6.00. The molecule has 5 nitrogen and oxygen atoms in total. The first-order chi connectivity index (χ1) is 13.1. The molecule has 0 saturated carbocycles. The Morgan fingerprint density at radius 2 is 1.85 bits per heavy atom. The first kappa shape index (κ1) is 19.2. The van der Waals surface area contributed by atoms with Crippen molar-refractivity contribution in [1.29, 1.82) is 0 Å². The highest BCUT2D eigenvalue weighted by Gasteiger charge is 2.25. The van der Waals surface area contributed by atoms with Gasteiger partial charge in [-0.3, -0.25) is 9.59 Å². The van der Waals surface area contributed by atoms with Crippen LogP contribution in [0.3, 0.4) is 0 Å². The number of benzene rings is 2. The molecule has 1 heterocycles. The van der Waals surface area contributed by atoms with Crippen LogP contribution >= 0.6 is 11.6 Å². The van der Waals surface area contributed by atoms with Crippen molar-refractivity contribution >= 4 is 23.4 Å². The van der Waals surface area contributed by atoms with Gasteiger partial charge in [0.15, 0.2) is 0 Å². The molecule has 1 saturated heterocycles. The van der Waals surface area contributed by atoms with Crippen molar-refractivity contribution in [1.82, 2.24) is 10.2 Å². The van der Waals surface area contributed by atoms with Crippen LogP contribution in [0.25, 0.3) is 0 Å². The molecule has 1 aliphatic rings. The van der Waals surface area contributed by atoms with Gasteiger partial charge in [-0.05, 0) is 36.6 Å². The number of carbonyl (C=O) groups is 2. The summed E-state index contributed by atoms with van der Waals surface area (Å²) in [6.07, 6.45) is 1.88. The summed E-state index contributed by atoms with van der Waals surface area (Å²) in [6, 6.07) is 14.7. The van der Waals surface area contributed by atoms with Crippen LogP contribution in [0.1, 0.15) is 28.8 Å². The number of carbonyl (C=O) groups excluding carboxylic acids is 2. The molecule has 0 spiro atoms. The average Bonchev–Trinajstić information content (AvgIpc) is 2.69. The predicted octanol–water partition coefficient (Wildman–Crippen LogP) is 3.31. The molecule has 2 amide bonds. The van der Waals surface area contributed by atoms with E-state index in [0.29, 0.717) is 35.8 Å². The monoisotopic (exact) mass is 386 g/mol. The molecule has 1 fully saturated rings. The van der Waals surface area contributed by atoms with Crippen LogP contribution in [0, 0.1) is 0 Å². The number of likely N-dealkylation sites (tertiary alicyclic amines) is 1. The molecule has 6 heteroatoms. The lowest BCUT2D eigenvalue weighted by Gasteiger charge is -2.32. The van der Waals surface area contributed by atoms with Crippen molar-refractivity contribution in [3.05, 3.63) is 64.7 Å². The van der Waals surface area contributed by atoms with Crippen molar-refractivity contribution < 1.29 is 14.3 Å². The second kappa shape index (κ2) is 8.91. The highest BCUT2D eigenvalue weighted by molar-refractivity contribution is 6.31. The maximum atomic E-state index is 12.6. The van der Waals surface area contributed by atoms with Crippen LogP contribution < -0.4 is 10.1 Å². The van der Waals surface area contributed by atoms with E-state index in [1.165, 1.54) is 7.11 Å². The number of methoxy groups -OCH3 is 1. The molecule has 1 N–H and O–H groups in total. The molecular weight excluding hydrogens is 364 g/mol. The predicted molar refractivity (Wildman–Crippen MR) is 105 cm³/mol. The number of halogens is 1. The Bertz CT molecular complexity index is 802. The number of amides is 2. The highest BCUT2D eigenvalue weighted by atomic mass is 35.5. The minimum absolute atomic E-state index is 0.0296. The number of rotatable bonds is 5. The molecule has 0 bridgehead atoms. The van der Waals surface area contributed by atoms with E-state index in [9.17, 15) is 9.59 Å². The van der Waals surface area contributed by atoms with Crippen LogP contribution in [0.4, 0.5) is 0 Å². The third-order valence-corrected chi connectivity index (χ3v) is 5.02. The first-order valence-corrected chi connectivity index (χ1v) is 9.40. The van der Waals surface area contributed by atoms with Gasteiger partial charge in [-0.1, -0.05) is 41.9 Å². The Hall–Kier alpha value is -2.53. The van der Waals surface area contributed by atoms with Gasteiger partial charge in [-0.2, -0.15) is 0 Å². The van der Waals surface area contributed by atoms with E-state index >= 15 is 0 Å². The van der Waals surface area contributed by atoms with Gasteiger partial charge in [0.2, 0.25) is 5.91 Å². The van der Waals surface area contributed by atoms with E-state index in [1.54, 1.807) is 18.2 Å². The fourth-order valence-corrected chi connectivity index (χ4v) is 3.45. The lowest BCUT2D eigenvalue weighted by atomic mass is 10.0. The number of hydrogen-bond donors (Lipinski definition) is 1. The first-order valence-electron chi connectivity index (χ1n) is 9.03. The van der Waals surface area contributed by atoms with Crippen molar-refractivity contribution in [3.8, 4) is 5.75 Å². The molecular formula is C21H23ClN2O3. The molecule has 1 aliphatic heterocycles. The topological polar surface area (TPSA) is 58.6 Å². The minimum atomic E-state index is -0.205. The smallest absolute Gasteiger partial charge is 0.255 e. The van der Waals surface area contributed by atoms with Gasteiger partial charge >= 0.3 is 0 Å². The Morgan fingerprint density at radius 1 is 1.15 bits per heavy atom. The lowest BCUT2D eigenvalue weighted by Crippen LogP contribution is -2.47. The minimum Gasteiger partial charge on any atom is -0.496 e. The van der Waals surface area contributed by atoms with Crippen LogP contribution in [0.5, 0.6) is 5.75 Å². The van der Waals surface area contributed by atoms with Gasteiger partial charge < -0.3 is 15.0 Å². The van der Waals surface area contributed by atoms with Crippen molar-refractivity contribution in [2.45, 2.75) is 25.3 Å². The molecule has 2 aromatic carbocycles. The van der Waals surface area contributed by atoms with E-state index in [1.807, 2.05) is 35.2 Å². The van der Waals surface area contributed by atoms with Crippen LogP contribution in [0.15, 0.2) is 48.5 Å². The number of hydrogen-bond acceptors (Lipinski definition) is 3. The zero-order chi connectivity index (χ0) is 19.2. The normalized spacial score (nSPS) is 14.7. The molecule has 0 radical (unpaired) electrons. The number of piperidine rings is 1. The molecule has 0 aliphatic carbocycles. The SMILES string of the molecule is COc1ccc(Cl)cc1C(=O)NC1CCN(C(=O)Cc2ccccc2)CC1. The van der Waals surface area contributed by atoms with E-state index < -0.39 is 0 Å². The van der Waals surface area contributed by atoms with E-state index in [2.05, 4.69) is 5.32 Å². The van der Waals surface area contributed by atoms with Crippen molar-refractivity contribution in [2.75, 3.05) is 20.2 Å². The summed E-state index contributed by atoms with van der Waals surface area (Å²) in [7, 11) is 1.52. The summed E-state index contributed by atoms with van der Waals surface area (Å²) in [4.78, 5) is 26.9. The summed E-state index contributed by atoms with van der Waals surface area (Å²) in [5.41, 5.74) is 1.44. The Labute approximate surface area is 164 Å². The van der Waals surface area contributed by atoms with Crippen molar-refractivity contribution in [3.63, 3.8) is 0 Å². The van der Waals surface area contributed by atoms with Crippen LogP contribution in [0.2, 0.25) is 5.02 Å². The third-order valence-electron chi connectivity index (χ3n) is 4.79. The fourth-order valence-electron chi connectivity index (χ4n) is 3.28. The summed E-state index contributed by atoms with van der Waals surface area (Å²) in [6.45, 7) is 1.28. The van der Waals surface area contributed by atoms with Crippen LogP contribution in [-0.2, 0) is 11.2 Å². The number of ether oxygens (including phenoxy) is 1. The molecule has 2 aromatic rings. The molecule has 27 heavy (non-hydrogen) atoms. The van der Waals surface area contributed by atoms with Gasteiger partial charge in [0.1, 0.15) is 5.75 Å². The van der Waals surface area contributed by atoms with Gasteiger partial charge in [0.05, 0.1) is 19.1 Å². The zero-order valence-electron chi connectivity index (χ0n) is 15.3. The Balaban J connectivity index is 1.53. The Kier molecular flexibility index (Phi) is 6.35. The fraction of sp³-hybridized carbons (Fsp3) is 0.333. The molecule has 3 rings (SSSR count). The van der Waals surface area contributed by atoms with Gasteiger partial charge in [-0.15, -0.1) is 0 Å². The maximum absolute atomic E-state index is 12.6. The number of nitrogens with zero attached hydrogens (tertiary/aromatic N) is 1. The standard InChI is InChI=1S/C21H23ClN2O3/c1-27-19-8-7-16(22)14-18(19)21(26)23-17-9-11-24(12-10-17)20(25)13-15-5-3-2-4-6-15/h2-8,14,17H,9-13H2,1H3,(H,23,26). The summed E-state index contributed by atoms with van der Waals surface area (Å²) in [5, 5.41) is 3.52. The highest BCUT2D eigenvalue weighted by Crippen LogP contribution is 2.23. The third kappa shape index (κ3) is 5.01. The van der Waals surface area contributed by atoms with Gasteiger partial charge in [-0.25, -0.2) is 0 Å². The zero-order valence-corrected chi connectivity index (χ0v) is 16.0. The lowest BCUT2D eigenvalue weighted by molar-refractivity contribution is -0.131. The quantitative estimate of drug-likeness (QED) is 0.857. The molecule has 0 unspecified atom stereocenters. The van der Waals surface area contributed by atoms with Gasteiger partial charge in [0, 0.05) is 24.2 Å². The number of nitrogens with one attached hydrogen (secondary N) is 1. The second-order valence-corrected chi connectivity index (χ2v) is 7.07. The molecule has 142 valence electrons. The average molecular weight is 387 g/mol. The molecule has 0 atom stereocenters. The maximum Gasteiger partial charge on any atom is 0.255 e. The second-order valence-electron chi connectivity index (χ2n) is 6.64. The molecule has 0 aromatic heterocycles. The van der Waals surface area contributed by atoms with Crippen LogP contribution in [-0.4, -0.2) is 43.0 Å².